The Bertz CT molecular complexity index is 896. The molecular weight excluding hydrogens is 382 g/mol. The molecule has 28 heavy (non-hydrogen) atoms. The molecule has 1 saturated heterocycles. The molecule has 8 nitrogen and oxygen atoms in total. The topological polar surface area (TPSA) is 71.9 Å². The van der Waals surface area contributed by atoms with E-state index in [1.54, 1.807) is 13.2 Å². The van der Waals surface area contributed by atoms with Crippen molar-refractivity contribution in [3.8, 4) is 11.5 Å². The number of fused-ring (bicyclic) bond motifs is 1. The van der Waals surface area contributed by atoms with Gasteiger partial charge in [0.1, 0.15) is 18.2 Å². The summed E-state index contributed by atoms with van der Waals surface area (Å²) in [5, 5.41) is 4.30. The van der Waals surface area contributed by atoms with Crippen molar-refractivity contribution in [2.45, 2.75) is 6.42 Å². The molecule has 2 aliphatic rings. The SMILES string of the molecule is CNn1ncc(CCN2CCN(c3cccc4c3OCCO4)CC2)c(Cl)c1=O. The van der Waals surface area contributed by atoms with Crippen LogP contribution in [0.5, 0.6) is 11.5 Å². The molecule has 0 saturated carbocycles. The minimum atomic E-state index is -0.317. The zero-order valence-corrected chi connectivity index (χ0v) is 16.6. The third-order valence-corrected chi connectivity index (χ3v) is 5.56. The van der Waals surface area contributed by atoms with Gasteiger partial charge in [-0.25, -0.2) is 0 Å². The zero-order chi connectivity index (χ0) is 19.5. The van der Waals surface area contributed by atoms with Crippen LogP contribution in [0.4, 0.5) is 5.69 Å². The van der Waals surface area contributed by atoms with Crippen LogP contribution in [0.1, 0.15) is 5.56 Å². The van der Waals surface area contributed by atoms with Crippen molar-refractivity contribution in [2.75, 3.05) is 63.3 Å². The zero-order valence-electron chi connectivity index (χ0n) is 15.9. The Kier molecular flexibility index (Phi) is 5.59. The number of rotatable bonds is 5. The number of para-hydroxylation sites is 1. The van der Waals surface area contributed by atoms with Crippen LogP contribution in [0.2, 0.25) is 5.02 Å². The standard InChI is InChI=1S/C19H24ClN5O3/c1-21-25-19(26)17(20)14(13-22-25)5-6-23-7-9-24(10-8-23)15-3-2-4-16-18(15)28-12-11-27-16/h2-4,13,21H,5-12H2,1H3. The number of aromatic nitrogens is 2. The minimum Gasteiger partial charge on any atom is -0.486 e. The third-order valence-electron chi connectivity index (χ3n) is 5.16. The number of nitrogens with zero attached hydrogens (tertiary/aromatic N) is 4. The van der Waals surface area contributed by atoms with Gasteiger partial charge in [0.15, 0.2) is 11.5 Å². The number of nitrogens with one attached hydrogen (secondary N) is 1. The molecule has 1 aromatic heterocycles. The van der Waals surface area contributed by atoms with Gasteiger partial charge < -0.3 is 19.8 Å². The van der Waals surface area contributed by atoms with Crippen molar-refractivity contribution in [1.82, 2.24) is 14.8 Å². The Morgan fingerprint density at radius 2 is 1.96 bits per heavy atom. The fourth-order valence-corrected chi connectivity index (χ4v) is 3.82. The van der Waals surface area contributed by atoms with Gasteiger partial charge in [0, 0.05) is 39.8 Å². The summed E-state index contributed by atoms with van der Waals surface area (Å²) in [6.45, 7) is 5.71. The number of hydrogen-bond donors (Lipinski definition) is 1. The van der Waals surface area contributed by atoms with Crippen molar-refractivity contribution in [3.63, 3.8) is 0 Å². The highest BCUT2D eigenvalue weighted by Crippen LogP contribution is 2.39. The first-order valence-corrected chi connectivity index (χ1v) is 9.85. The maximum atomic E-state index is 12.1. The van der Waals surface area contributed by atoms with E-state index in [9.17, 15) is 4.79 Å². The fourth-order valence-electron chi connectivity index (χ4n) is 3.60. The summed E-state index contributed by atoms with van der Waals surface area (Å²) in [5.74, 6) is 1.68. The lowest BCUT2D eigenvalue weighted by atomic mass is 10.2. The first-order valence-electron chi connectivity index (χ1n) is 9.48. The summed E-state index contributed by atoms with van der Waals surface area (Å²) in [7, 11) is 1.63. The molecule has 0 radical (unpaired) electrons. The summed E-state index contributed by atoms with van der Waals surface area (Å²) in [5.41, 5.74) is 4.25. The van der Waals surface area contributed by atoms with E-state index in [2.05, 4.69) is 26.4 Å². The third kappa shape index (κ3) is 3.74. The van der Waals surface area contributed by atoms with Gasteiger partial charge in [-0.2, -0.15) is 5.10 Å². The van der Waals surface area contributed by atoms with Crippen molar-refractivity contribution in [3.05, 3.63) is 45.3 Å². The second-order valence-corrected chi connectivity index (χ2v) is 7.18. The normalized spacial score (nSPS) is 16.9. The highest BCUT2D eigenvalue weighted by atomic mass is 35.5. The van der Waals surface area contributed by atoms with E-state index in [-0.39, 0.29) is 10.6 Å². The van der Waals surface area contributed by atoms with Gasteiger partial charge in [-0.1, -0.05) is 17.7 Å². The largest absolute Gasteiger partial charge is 0.486 e. The summed E-state index contributed by atoms with van der Waals surface area (Å²) in [6.07, 6.45) is 2.35. The van der Waals surface area contributed by atoms with Gasteiger partial charge in [-0.15, -0.1) is 4.79 Å². The van der Waals surface area contributed by atoms with Crippen molar-refractivity contribution >= 4 is 17.3 Å². The molecule has 150 valence electrons. The molecule has 9 heteroatoms. The number of piperazine rings is 1. The van der Waals surface area contributed by atoms with Crippen molar-refractivity contribution in [2.24, 2.45) is 0 Å². The fraction of sp³-hybridized carbons (Fsp3) is 0.474. The monoisotopic (exact) mass is 405 g/mol. The average molecular weight is 406 g/mol. The highest BCUT2D eigenvalue weighted by Gasteiger charge is 2.23. The molecule has 0 unspecified atom stereocenters. The van der Waals surface area contributed by atoms with Gasteiger partial charge in [0.25, 0.3) is 0 Å². The van der Waals surface area contributed by atoms with Gasteiger partial charge in [0.05, 0.1) is 11.9 Å². The van der Waals surface area contributed by atoms with Gasteiger partial charge in [0.2, 0.25) is 0 Å². The van der Waals surface area contributed by atoms with Crippen LogP contribution in [0.25, 0.3) is 0 Å². The lowest BCUT2D eigenvalue weighted by Crippen LogP contribution is -2.47. The first kappa shape index (κ1) is 18.9. The minimum absolute atomic E-state index is 0.232. The van der Waals surface area contributed by atoms with Crippen LogP contribution in [0.15, 0.2) is 29.2 Å². The molecule has 1 aromatic carbocycles. The van der Waals surface area contributed by atoms with Gasteiger partial charge in [-0.3, -0.25) is 9.69 Å². The molecule has 1 fully saturated rings. The Morgan fingerprint density at radius 3 is 2.75 bits per heavy atom. The lowest BCUT2D eigenvalue weighted by molar-refractivity contribution is 0.171. The summed E-state index contributed by atoms with van der Waals surface area (Å²) >= 11 is 6.20. The summed E-state index contributed by atoms with van der Waals surface area (Å²) < 4.78 is 11.5. The van der Waals surface area contributed by atoms with Crippen LogP contribution in [-0.4, -0.2) is 67.8 Å². The van der Waals surface area contributed by atoms with E-state index in [4.69, 9.17) is 21.1 Å². The molecule has 0 bridgehead atoms. The number of hydrogen-bond acceptors (Lipinski definition) is 7. The Morgan fingerprint density at radius 1 is 1.18 bits per heavy atom. The Labute approximate surface area is 168 Å². The van der Waals surface area contributed by atoms with Crippen LogP contribution in [-0.2, 0) is 6.42 Å². The van der Waals surface area contributed by atoms with E-state index in [1.165, 1.54) is 0 Å². The number of ether oxygens (including phenoxy) is 2. The summed E-state index contributed by atoms with van der Waals surface area (Å²) in [4.78, 5) is 17.9. The molecule has 2 aliphatic heterocycles. The van der Waals surface area contributed by atoms with Crippen LogP contribution < -0.4 is 25.4 Å². The number of halogens is 1. The van der Waals surface area contributed by atoms with Crippen molar-refractivity contribution in [1.29, 1.82) is 0 Å². The highest BCUT2D eigenvalue weighted by molar-refractivity contribution is 6.31. The average Bonchev–Trinajstić information content (AvgIpc) is 2.75. The molecule has 0 aliphatic carbocycles. The van der Waals surface area contributed by atoms with E-state index < -0.39 is 0 Å². The van der Waals surface area contributed by atoms with E-state index in [0.29, 0.717) is 19.6 Å². The maximum absolute atomic E-state index is 12.1. The van der Waals surface area contributed by atoms with E-state index in [0.717, 1.165) is 60.3 Å². The van der Waals surface area contributed by atoms with Crippen LogP contribution in [0.3, 0.4) is 0 Å². The van der Waals surface area contributed by atoms with Crippen molar-refractivity contribution < 1.29 is 9.47 Å². The number of benzene rings is 1. The molecule has 3 heterocycles. The molecule has 2 aromatic rings. The molecule has 0 amide bonds. The number of anilines is 1. The predicted octanol–water partition coefficient (Wildman–Crippen LogP) is 1.21. The smallest absolute Gasteiger partial charge is 0.304 e. The van der Waals surface area contributed by atoms with Crippen LogP contribution in [0, 0.1) is 0 Å². The molecule has 0 spiro atoms. The first-order chi connectivity index (χ1) is 13.7. The quantitative estimate of drug-likeness (QED) is 0.801. The second kappa shape index (κ2) is 8.28. The van der Waals surface area contributed by atoms with Crippen LogP contribution >= 0.6 is 11.6 Å². The summed E-state index contributed by atoms with van der Waals surface area (Å²) in [6, 6.07) is 6.05. The molecule has 4 rings (SSSR count). The molecule has 1 N–H and O–H groups in total. The Hall–Kier alpha value is -2.45. The maximum Gasteiger partial charge on any atom is 0.304 e. The predicted molar refractivity (Wildman–Crippen MR) is 109 cm³/mol. The Balaban J connectivity index is 1.35. The second-order valence-electron chi connectivity index (χ2n) is 6.80. The van der Waals surface area contributed by atoms with E-state index >= 15 is 0 Å². The lowest BCUT2D eigenvalue weighted by Gasteiger charge is -2.37. The molecule has 0 atom stereocenters. The van der Waals surface area contributed by atoms with Gasteiger partial charge in [-0.05, 0) is 24.1 Å². The van der Waals surface area contributed by atoms with Gasteiger partial charge >= 0.3 is 5.56 Å². The molecular formula is C19H24ClN5O3. The van der Waals surface area contributed by atoms with E-state index in [1.807, 2.05) is 12.1 Å².